The lowest BCUT2D eigenvalue weighted by Crippen LogP contribution is -2.65. The molecule has 0 aromatic heterocycles. The molecule has 76 valence electrons. The molecule has 1 fully saturated rings. The Morgan fingerprint density at radius 3 is 2.54 bits per heavy atom. The van der Waals surface area contributed by atoms with Gasteiger partial charge in [0.2, 0.25) is 5.91 Å². The van der Waals surface area contributed by atoms with Crippen molar-refractivity contribution < 1.29 is 9.90 Å². The first kappa shape index (κ1) is 10.5. The lowest BCUT2D eigenvalue weighted by Gasteiger charge is -2.46. The van der Waals surface area contributed by atoms with Gasteiger partial charge < -0.3 is 15.7 Å². The van der Waals surface area contributed by atoms with E-state index in [0.717, 1.165) is 0 Å². The summed E-state index contributed by atoms with van der Waals surface area (Å²) in [6, 6.07) is -0.401. The zero-order valence-electron chi connectivity index (χ0n) is 8.29. The maximum Gasteiger partial charge on any atom is 0.239 e. The van der Waals surface area contributed by atoms with Gasteiger partial charge in [0, 0.05) is 0 Å². The monoisotopic (exact) mass is 186 g/mol. The van der Waals surface area contributed by atoms with Crippen molar-refractivity contribution in [2.45, 2.75) is 38.3 Å². The van der Waals surface area contributed by atoms with Crippen LogP contribution >= 0.6 is 0 Å². The van der Waals surface area contributed by atoms with Gasteiger partial charge in [0.05, 0.1) is 24.7 Å². The molecule has 1 aliphatic rings. The molecule has 3 N–H and O–H groups in total. The zero-order chi connectivity index (χ0) is 10.1. The lowest BCUT2D eigenvalue weighted by molar-refractivity contribution is -0.157. The van der Waals surface area contributed by atoms with Crippen molar-refractivity contribution in [3.8, 4) is 0 Å². The summed E-state index contributed by atoms with van der Waals surface area (Å²) in [5.41, 5.74) is 4.93. The van der Waals surface area contributed by atoms with Crippen molar-refractivity contribution in [3.05, 3.63) is 0 Å². The van der Waals surface area contributed by atoms with E-state index in [2.05, 4.69) is 0 Å². The average molecular weight is 186 g/mol. The molecule has 0 aliphatic carbocycles. The predicted molar refractivity (Wildman–Crippen MR) is 50.1 cm³/mol. The number of aliphatic hydroxyl groups is 1. The van der Waals surface area contributed by atoms with Gasteiger partial charge in [0.25, 0.3) is 0 Å². The van der Waals surface area contributed by atoms with Crippen molar-refractivity contribution in [1.29, 1.82) is 0 Å². The number of carbonyl (C=O) groups is 1. The van der Waals surface area contributed by atoms with Crippen LogP contribution in [0.1, 0.15) is 26.7 Å². The van der Waals surface area contributed by atoms with Crippen LogP contribution in [0.25, 0.3) is 0 Å². The summed E-state index contributed by atoms with van der Waals surface area (Å²) in [5, 5.41) is 9.66. The highest BCUT2D eigenvalue weighted by molar-refractivity contribution is 5.82. The fourth-order valence-corrected chi connectivity index (χ4v) is 1.45. The van der Waals surface area contributed by atoms with Crippen molar-refractivity contribution in [3.63, 3.8) is 0 Å². The van der Waals surface area contributed by atoms with Gasteiger partial charge in [-0.1, -0.05) is 13.8 Å². The molecular formula is C9H18N2O2. The van der Waals surface area contributed by atoms with Gasteiger partial charge in [-0.25, -0.2) is 0 Å². The minimum absolute atomic E-state index is 0.0411. The molecule has 0 aromatic carbocycles. The average Bonchev–Trinajstić information content (AvgIpc) is 2.10. The Labute approximate surface area is 78.7 Å². The van der Waals surface area contributed by atoms with E-state index in [0.29, 0.717) is 25.9 Å². The molecule has 13 heavy (non-hydrogen) atoms. The first-order valence-corrected chi connectivity index (χ1v) is 4.79. The van der Waals surface area contributed by atoms with E-state index in [1.807, 2.05) is 13.8 Å². The Kier molecular flexibility index (Phi) is 2.93. The summed E-state index contributed by atoms with van der Waals surface area (Å²) in [5.74, 6) is -0.0411. The molecule has 4 heteroatoms. The minimum atomic E-state index is -0.650. The van der Waals surface area contributed by atoms with Crippen LogP contribution < -0.4 is 5.73 Å². The molecule has 1 aliphatic heterocycles. The first-order valence-electron chi connectivity index (χ1n) is 4.79. The topological polar surface area (TPSA) is 66.6 Å². The lowest BCUT2D eigenvalue weighted by atomic mass is 9.90. The van der Waals surface area contributed by atoms with Gasteiger partial charge in [0.1, 0.15) is 0 Å². The Hall–Kier alpha value is -0.610. The normalized spacial score (nSPS) is 22.3. The van der Waals surface area contributed by atoms with Gasteiger partial charge in [-0.15, -0.1) is 0 Å². The number of amides is 1. The Morgan fingerprint density at radius 2 is 2.15 bits per heavy atom. The van der Waals surface area contributed by atoms with Crippen molar-refractivity contribution in [1.82, 2.24) is 4.90 Å². The molecule has 1 heterocycles. The highest BCUT2D eigenvalue weighted by Gasteiger charge is 2.42. The van der Waals surface area contributed by atoms with Crippen LogP contribution in [0.15, 0.2) is 0 Å². The van der Waals surface area contributed by atoms with E-state index < -0.39 is 11.6 Å². The third kappa shape index (κ3) is 2.00. The molecule has 1 amide bonds. The summed E-state index contributed by atoms with van der Waals surface area (Å²) >= 11 is 0. The maximum absolute atomic E-state index is 11.4. The third-order valence-electron chi connectivity index (χ3n) is 2.70. The van der Waals surface area contributed by atoms with Crippen LogP contribution in [0.4, 0.5) is 0 Å². The second-order valence-corrected chi connectivity index (χ2v) is 3.79. The maximum atomic E-state index is 11.4. The second kappa shape index (κ2) is 3.64. The zero-order valence-corrected chi connectivity index (χ0v) is 8.29. The van der Waals surface area contributed by atoms with Crippen LogP contribution in [-0.2, 0) is 4.79 Å². The summed E-state index contributed by atoms with van der Waals surface area (Å²) < 4.78 is 0. The molecule has 4 nitrogen and oxygen atoms in total. The highest BCUT2D eigenvalue weighted by atomic mass is 16.3. The second-order valence-electron chi connectivity index (χ2n) is 3.79. The van der Waals surface area contributed by atoms with Crippen molar-refractivity contribution >= 4 is 5.91 Å². The molecule has 0 aromatic rings. The van der Waals surface area contributed by atoms with E-state index >= 15 is 0 Å². The Bertz CT molecular complexity index is 200. The predicted octanol–water partition coefficient (Wildman–Crippen LogP) is -0.293. The van der Waals surface area contributed by atoms with Crippen LogP contribution in [0.2, 0.25) is 0 Å². The SMILES string of the molecule is CCC(N)C(=O)N1CC(O)(CC)C1. The fourth-order valence-electron chi connectivity index (χ4n) is 1.45. The number of nitrogens with two attached hydrogens (primary N) is 1. The summed E-state index contributed by atoms with van der Waals surface area (Å²) in [6.45, 7) is 4.68. The molecule has 0 radical (unpaired) electrons. The molecule has 1 unspecified atom stereocenters. The highest BCUT2D eigenvalue weighted by Crippen LogP contribution is 2.24. The number of likely N-dealkylation sites (tertiary alicyclic amines) is 1. The van der Waals surface area contributed by atoms with E-state index in [-0.39, 0.29) is 5.91 Å². The molecular weight excluding hydrogens is 168 g/mol. The molecule has 1 atom stereocenters. The van der Waals surface area contributed by atoms with Crippen molar-refractivity contribution in [2.24, 2.45) is 5.73 Å². The number of carbonyl (C=O) groups excluding carboxylic acids is 1. The fraction of sp³-hybridized carbons (Fsp3) is 0.889. The van der Waals surface area contributed by atoms with Gasteiger partial charge in [0.15, 0.2) is 0 Å². The third-order valence-corrected chi connectivity index (χ3v) is 2.70. The Balaban J connectivity index is 2.39. The van der Waals surface area contributed by atoms with E-state index in [9.17, 15) is 9.90 Å². The summed E-state index contributed by atoms with van der Waals surface area (Å²) in [4.78, 5) is 13.1. The number of hydrogen-bond donors (Lipinski definition) is 2. The van der Waals surface area contributed by atoms with Crippen LogP contribution in [0, 0.1) is 0 Å². The minimum Gasteiger partial charge on any atom is -0.386 e. The molecule has 0 saturated carbocycles. The van der Waals surface area contributed by atoms with Crippen LogP contribution in [-0.4, -0.2) is 40.6 Å². The molecule has 1 saturated heterocycles. The van der Waals surface area contributed by atoms with Crippen molar-refractivity contribution in [2.75, 3.05) is 13.1 Å². The molecule has 0 spiro atoms. The van der Waals surface area contributed by atoms with E-state index in [1.165, 1.54) is 0 Å². The first-order chi connectivity index (χ1) is 6.02. The van der Waals surface area contributed by atoms with E-state index in [4.69, 9.17) is 5.73 Å². The standard InChI is InChI=1S/C9H18N2O2/c1-3-7(10)8(12)11-5-9(13,4-2)6-11/h7,13H,3-6,10H2,1-2H3. The van der Waals surface area contributed by atoms with Gasteiger partial charge in [-0.2, -0.15) is 0 Å². The molecule has 1 rings (SSSR count). The van der Waals surface area contributed by atoms with E-state index in [1.54, 1.807) is 4.90 Å². The van der Waals surface area contributed by atoms with Crippen LogP contribution in [0.3, 0.4) is 0 Å². The van der Waals surface area contributed by atoms with Gasteiger partial charge >= 0.3 is 0 Å². The number of β-amino-alcohol motifs (C(OH)–C–C–N with tert-alkyl or cyclic N) is 1. The smallest absolute Gasteiger partial charge is 0.239 e. The summed E-state index contributed by atoms with van der Waals surface area (Å²) in [6.07, 6.45) is 1.35. The number of rotatable bonds is 3. The quantitative estimate of drug-likeness (QED) is 0.636. The Morgan fingerprint density at radius 1 is 1.62 bits per heavy atom. The molecule has 0 bridgehead atoms. The van der Waals surface area contributed by atoms with Crippen LogP contribution in [0.5, 0.6) is 0 Å². The van der Waals surface area contributed by atoms with Gasteiger partial charge in [-0.05, 0) is 12.8 Å². The largest absolute Gasteiger partial charge is 0.386 e. The van der Waals surface area contributed by atoms with Gasteiger partial charge in [-0.3, -0.25) is 4.79 Å². The summed E-state index contributed by atoms with van der Waals surface area (Å²) in [7, 11) is 0. The number of nitrogens with zero attached hydrogens (tertiary/aromatic N) is 1. The number of hydrogen-bond acceptors (Lipinski definition) is 3.